The second-order valence-corrected chi connectivity index (χ2v) is 4.88. The van der Waals surface area contributed by atoms with E-state index in [1.807, 2.05) is 50.2 Å². The van der Waals surface area contributed by atoms with Crippen LogP contribution in [0.25, 0.3) is 0 Å². The highest BCUT2D eigenvalue weighted by atomic mass is 16.5. The molecule has 0 spiro atoms. The van der Waals surface area contributed by atoms with Crippen molar-refractivity contribution in [3.63, 3.8) is 0 Å². The number of aliphatic hydroxyl groups excluding tert-OH is 1. The van der Waals surface area contributed by atoms with Gasteiger partial charge >= 0.3 is 0 Å². The van der Waals surface area contributed by atoms with E-state index in [0.717, 1.165) is 22.4 Å². The highest BCUT2D eigenvalue weighted by Gasteiger charge is 2.11. The molecule has 2 aromatic rings. The molecule has 0 fully saturated rings. The van der Waals surface area contributed by atoms with Gasteiger partial charge in [0, 0.05) is 0 Å². The third-order valence-electron chi connectivity index (χ3n) is 3.50. The summed E-state index contributed by atoms with van der Waals surface area (Å²) in [6.07, 6.45) is -0.596. The summed E-state index contributed by atoms with van der Waals surface area (Å²) in [7, 11) is 0. The molecule has 0 aliphatic carbocycles. The number of hydrogen-bond acceptors (Lipinski definition) is 2. The molecule has 100 valence electrons. The van der Waals surface area contributed by atoms with Crippen LogP contribution in [0.2, 0.25) is 0 Å². The van der Waals surface area contributed by atoms with Crippen molar-refractivity contribution in [2.75, 3.05) is 6.61 Å². The van der Waals surface area contributed by atoms with Crippen molar-refractivity contribution in [2.45, 2.75) is 26.9 Å². The number of hydrogen-bond donors (Lipinski definition) is 1. The Morgan fingerprint density at radius 1 is 0.947 bits per heavy atom. The van der Waals surface area contributed by atoms with E-state index in [9.17, 15) is 5.11 Å². The summed E-state index contributed by atoms with van der Waals surface area (Å²) < 4.78 is 5.74. The average Bonchev–Trinajstić information content (AvgIpc) is 2.40. The minimum atomic E-state index is -0.596. The number of aryl methyl sites for hydroxylation is 2. The minimum absolute atomic E-state index is 0.273. The molecule has 0 radical (unpaired) electrons. The number of benzene rings is 2. The molecule has 2 rings (SSSR count). The second-order valence-electron chi connectivity index (χ2n) is 4.88. The topological polar surface area (TPSA) is 29.5 Å². The lowest BCUT2D eigenvalue weighted by Crippen LogP contribution is -2.11. The summed E-state index contributed by atoms with van der Waals surface area (Å²) in [5, 5.41) is 10.2. The molecule has 0 aromatic heterocycles. The first-order chi connectivity index (χ1) is 9.09. The summed E-state index contributed by atoms with van der Waals surface area (Å²) in [5.41, 5.74) is 4.33. The molecule has 0 saturated carbocycles. The SMILES string of the molecule is Cc1ccccc1C(O)COc1cccc(C)c1C. The van der Waals surface area contributed by atoms with Gasteiger partial charge in [0.25, 0.3) is 0 Å². The van der Waals surface area contributed by atoms with E-state index in [2.05, 4.69) is 13.0 Å². The normalized spacial score (nSPS) is 12.2. The van der Waals surface area contributed by atoms with E-state index in [1.54, 1.807) is 0 Å². The van der Waals surface area contributed by atoms with Crippen LogP contribution in [0.15, 0.2) is 42.5 Å². The van der Waals surface area contributed by atoms with E-state index in [-0.39, 0.29) is 6.61 Å². The first-order valence-electron chi connectivity index (χ1n) is 6.52. The molecular formula is C17H20O2. The Bertz CT molecular complexity index is 561. The molecule has 0 bridgehead atoms. The molecule has 0 amide bonds. The van der Waals surface area contributed by atoms with Crippen LogP contribution >= 0.6 is 0 Å². The number of ether oxygens (including phenoxy) is 1. The van der Waals surface area contributed by atoms with Crippen LogP contribution < -0.4 is 4.74 Å². The molecule has 2 aromatic carbocycles. The smallest absolute Gasteiger partial charge is 0.122 e. The van der Waals surface area contributed by atoms with Gasteiger partial charge in [0.2, 0.25) is 0 Å². The van der Waals surface area contributed by atoms with E-state index in [1.165, 1.54) is 5.56 Å². The van der Waals surface area contributed by atoms with Crippen molar-refractivity contribution < 1.29 is 9.84 Å². The zero-order valence-electron chi connectivity index (χ0n) is 11.7. The van der Waals surface area contributed by atoms with E-state index in [4.69, 9.17) is 4.74 Å². The van der Waals surface area contributed by atoms with Crippen LogP contribution in [-0.4, -0.2) is 11.7 Å². The summed E-state index contributed by atoms with van der Waals surface area (Å²) in [4.78, 5) is 0. The Morgan fingerprint density at radius 3 is 2.37 bits per heavy atom. The minimum Gasteiger partial charge on any atom is -0.490 e. The Labute approximate surface area is 114 Å². The van der Waals surface area contributed by atoms with E-state index < -0.39 is 6.10 Å². The molecule has 19 heavy (non-hydrogen) atoms. The monoisotopic (exact) mass is 256 g/mol. The van der Waals surface area contributed by atoms with Crippen LogP contribution in [0.4, 0.5) is 0 Å². The zero-order valence-corrected chi connectivity index (χ0v) is 11.7. The lowest BCUT2D eigenvalue weighted by atomic mass is 10.0. The Kier molecular flexibility index (Phi) is 4.23. The van der Waals surface area contributed by atoms with Gasteiger partial charge < -0.3 is 9.84 Å². The van der Waals surface area contributed by atoms with Gasteiger partial charge in [-0.05, 0) is 49.1 Å². The maximum atomic E-state index is 10.2. The molecule has 0 aliphatic heterocycles. The van der Waals surface area contributed by atoms with Gasteiger partial charge in [-0.2, -0.15) is 0 Å². The van der Waals surface area contributed by atoms with Crippen molar-refractivity contribution >= 4 is 0 Å². The fourth-order valence-corrected chi connectivity index (χ4v) is 2.10. The summed E-state index contributed by atoms with van der Waals surface area (Å²) >= 11 is 0. The van der Waals surface area contributed by atoms with Gasteiger partial charge in [-0.15, -0.1) is 0 Å². The molecule has 0 heterocycles. The van der Waals surface area contributed by atoms with Crippen LogP contribution in [0.3, 0.4) is 0 Å². The van der Waals surface area contributed by atoms with E-state index in [0.29, 0.717) is 0 Å². The first kappa shape index (κ1) is 13.6. The van der Waals surface area contributed by atoms with Gasteiger partial charge in [-0.3, -0.25) is 0 Å². The molecule has 0 saturated heterocycles. The Balaban J connectivity index is 2.07. The molecule has 0 aliphatic rings. The molecule has 1 unspecified atom stereocenters. The van der Waals surface area contributed by atoms with Gasteiger partial charge in [0.05, 0.1) is 0 Å². The summed E-state index contributed by atoms with van der Waals surface area (Å²) in [5.74, 6) is 0.840. The van der Waals surface area contributed by atoms with Gasteiger partial charge in [-0.1, -0.05) is 36.4 Å². The maximum absolute atomic E-state index is 10.2. The molecule has 1 atom stereocenters. The van der Waals surface area contributed by atoms with Crippen LogP contribution in [0, 0.1) is 20.8 Å². The third kappa shape index (κ3) is 3.15. The van der Waals surface area contributed by atoms with Crippen LogP contribution in [0.1, 0.15) is 28.4 Å². The number of aliphatic hydroxyl groups is 1. The quantitative estimate of drug-likeness (QED) is 0.903. The van der Waals surface area contributed by atoms with Crippen LogP contribution in [-0.2, 0) is 0 Å². The highest BCUT2D eigenvalue weighted by Crippen LogP contribution is 2.23. The maximum Gasteiger partial charge on any atom is 0.122 e. The van der Waals surface area contributed by atoms with Gasteiger partial charge in [0.1, 0.15) is 18.5 Å². The molecule has 2 nitrogen and oxygen atoms in total. The molecular weight excluding hydrogens is 236 g/mol. The van der Waals surface area contributed by atoms with E-state index >= 15 is 0 Å². The third-order valence-corrected chi connectivity index (χ3v) is 3.50. The number of rotatable bonds is 4. The summed E-state index contributed by atoms with van der Waals surface area (Å²) in [6, 6.07) is 13.8. The fraction of sp³-hybridized carbons (Fsp3) is 0.294. The predicted molar refractivity (Wildman–Crippen MR) is 77.5 cm³/mol. The lowest BCUT2D eigenvalue weighted by Gasteiger charge is -2.16. The molecule has 2 heteroatoms. The fourth-order valence-electron chi connectivity index (χ4n) is 2.10. The predicted octanol–water partition coefficient (Wildman–Crippen LogP) is 3.72. The largest absolute Gasteiger partial charge is 0.490 e. The van der Waals surface area contributed by atoms with Crippen LogP contribution in [0.5, 0.6) is 5.75 Å². The van der Waals surface area contributed by atoms with Gasteiger partial charge in [0.15, 0.2) is 0 Å². The van der Waals surface area contributed by atoms with Crippen molar-refractivity contribution in [3.8, 4) is 5.75 Å². The highest BCUT2D eigenvalue weighted by molar-refractivity contribution is 5.38. The standard InChI is InChI=1S/C17H20O2/c1-12-8-6-10-17(14(12)3)19-11-16(18)15-9-5-4-7-13(15)2/h4-10,16,18H,11H2,1-3H3. The summed E-state index contributed by atoms with van der Waals surface area (Å²) in [6.45, 7) is 6.36. The zero-order chi connectivity index (χ0) is 13.8. The van der Waals surface area contributed by atoms with Crippen molar-refractivity contribution in [2.24, 2.45) is 0 Å². The average molecular weight is 256 g/mol. The lowest BCUT2D eigenvalue weighted by molar-refractivity contribution is 0.107. The molecule has 1 N–H and O–H groups in total. The van der Waals surface area contributed by atoms with Crippen molar-refractivity contribution in [1.82, 2.24) is 0 Å². The first-order valence-corrected chi connectivity index (χ1v) is 6.52. The second kappa shape index (κ2) is 5.89. The Hall–Kier alpha value is -1.80. The van der Waals surface area contributed by atoms with Crippen molar-refractivity contribution in [1.29, 1.82) is 0 Å². The van der Waals surface area contributed by atoms with Crippen molar-refractivity contribution in [3.05, 3.63) is 64.7 Å². The Morgan fingerprint density at radius 2 is 1.63 bits per heavy atom. The van der Waals surface area contributed by atoms with Gasteiger partial charge in [-0.25, -0.2) is 0 Å².